The highest BCUT2D eigenvalue weighted by atomic mass is 32.2. The Morgan fingerprint density at radius 1 is 1.45 bits per heavy atom. The van der Waals surface area contributed by atoms with Gasteiger partial charge in [0.2, 0.25) is 0 Å². The highest BCUT2D eigenvalue weighted by Crippen LogP contribution is 2.32. The van der Waals surface area contributed by atoms with E-state index in [0.29, 0.717) is 11.5 Å². The molecule has 20 heavy (non-hydrogen) atoms. The minimum absolute atomic E-state index is 0.205. The van der Waals surface area contributed by atoms with Gasteiger partial charge in [0.15, 0.2) is 0 Å². The number of imide groups is 1. The standard InChI is InChI=1S/C13H13NO5S/c1-3-18-11(15)7-14-12(16)10(20-13(14)17)6-9-5-4-8(2)19-9/h4-6H,3,7H2,1-2H3/b10-6-. The molecule has 6 nitrogen and oxygen atoms in total. The highest BCUT2D eigenvalue weighted by molar-refractivity contribution is 8.18. The number of furan rings is 1. The molecular formula is C13H13NO5S. The summed E-state index contributed by atoms with van der Waals surface area (Å²) in [5.41, 5.74) is 0. The Balaban J connectivity index is 2.12. The van der Waals surface area contributed by atoms with Gasteiger partial charge in [-0.25, -0.2) is 0 Å². The van der Waals surface area contributed by atoms with Crippen LogP contribution in [0.2, 0.25) is 0 Å². The van der Waals surface area contributed by atoms with E-state index in [-0.39, 0.29) is 18.1 Å². The molecule has 0 unspecified atom stereocenters. The summed E-state index contributed by atoms with van der Waals surface area (Å²) in [7, 11) is 0. The normalized spacial score (nSPS) is 17.1. The van der Waals surface area contributed by atoms with Crippen LogP contribution in [0, 0.1) is 6.92 Å². The van der Waals surface area contributed by atoms with Crippen LogP contribution in [0.3, 0.4) is 0 Å². The fraction of sp³-hybridized carbons (Fsp3) is 0.308. The van der Waals surface area contributed by atoms with Gasteiger partial charge in [0.05, 0.1) is 11.5 Å². The SMILES string of the molecule is CCOC(=O)CN1C(=O)S/C(=C\c2ccc(C)o2)C1=O. The summed E-state index contributed by atoms with van der Waals surface area (Å²) >= 11 is 0.777. The number of esters is 1. The van der Waals surface area contributed by atoms with Gasteiger partial charge >= 0.3 is 5.97 Å². The summed E-state index contributed by atoms with van der Waals surface area (Å²) in [6.07, 6.45) is 1.49. The van der Waals surface area contributed by atoms with Crippen molar-refractivity contribution in [3.63, 3.8) is 0 Å². The van der Waals surface area contributed by atoms with Crippen molar-refractivity contribution in [1.82, 2.24) is 4.90 Å². The lowest BCUT2D eigenvalue weighted by atomic mass is 10.3. The lowest BCUT2D eigenvalue weighted by Gasteiger charge is -2.10. The molecule has 1 aromatic rings. The number of aryl methyl sites for hydroxylation is 1. The quantitative estimate of drug-likeness (QED) is 0.626. The number of hydrogen-bond acceptors (Lipinski definition) is 6. The number of thioether (sulfide) groups is 1. The number of carbonyl (C=O) groups is 3. The maximum atomic E-state index is 12.0. The van der Waals surface area contributed by atoms with E-state index in [9.17, 15) is 14.4 Å². The van der Waals surface area contributed by atoms with Crippen LogP contribution < -0.4 is 0 Å². The van der Waals surface area contributed by atoms with Gasteiger partial charge in [0.1, 0.15) is 18.1 Å². The lowest BCUT2D eigenvalue weighted by Crippen LogP contribution is -2.34. The molecule has 0 radical (unpaired) electrons. The second kappa shape index (κ2) is 5.96. The van der Waals surface area contributed by atoms with E-state index < -0.39 is 17.1 Å². The first-order valence-corrected chi connectivity index (χ1v) is 6.80. The second-order valence-electron chi connectivity index (χ2n) is 4.02. The predicted octanol–water partition coefficient (Wildman–Crippen LogP) is 2.19. The third-order valence-corrected chi connectivity index (χ3v) is 3.41. The zero-order valence-electron chi connectivity index (χ0n) is 11.0. The minimum atomic E-state index is -0.607. The molecule has 2 rings (SSSR count). The van der Waals surface area contributed by atoms with E-state index in [1.54, 1.807) is 26.0 Å². The molecule has 106 valence electrons. The fourth-order valence-electron chi connectivity index (χ4n) is 1.63. The second-order valence-corrected chi connectivity index (χ2v) is 5.01. The van der Waals surface area contributed by atoms with Crippen molar-refractivity contribution in [3.8, 4) is 0 Å². The van der Waals surface area contributed by atoms with Crippen molar-refractivity contribution < 1.29 is 23.5 Å². The fourth-order valence-corrected chi connectivity index (χ4v) is 2.45. The van der Waals surface area contributed by atoms with Crippen LogP contribution in [0.1, 0.15) is 18.4 Å². The number of hydrogen-bond donors (Lipinski definition) is 0. The molecule has 2 heterocycles. The van der Waals surface area contributed by atoms with Gasteiger partial charge in [-0.15, -0.1) is 0 Å². The molecule has 0 saturated carbocycles. The van der Waals surface area contributed by atoms with Gasteiger partial charge < -0.3 is 9.15 Å². The third kappa shape index (κ3) is 3.11. The first-order valence-electron chi connectivity index (χ1n) is 5.98. The maximum absolute atomic E-state index is 12.0. The van der Waals surface area contributed by atoms with E-state index >= 15 is 0 Å². The molecule has 0 N–H and O–H groups in total. The summed E-state index contributed by atoms with van der Waals surface area (Å²) in [6.45, 7) is 3.28. The summed E-state index contributed by atoms with van der Waals surface area (Å²) < 4.78 is 10.0. The van der Waals surface area contributed by atoms with E-state index in [1.807, 2.05) is 0 Å². The number of ether oxygens (including phenoxy) is 1. The average Bonchev–Trinajstić information content (AvgIpc) is 2.89. The van der Waals surface area contributed by atoms with Crippen molar-refractivity contribution in [2.75, 3.05) is 13.2 Å². The number of nitrogens with zero attached hydrogens (tertiary/aromatic N) is 1. The molecular weight excluding hydrogens is 282 g/mol. The van der Waals surface area contributed by atoms with E-state index in [2.05, 4.69) is 0 Å². The molecule has 0 atom stereocenters. The highest BCUT2D eigenvalue weighted by Gasteiger charge is 2.36. The molecule has 1 aliphatic heterocycles. The Hall–Kier alpha value is -2.02. The first kappa shape index (κ1) is 14.4. The van der Waals surface area contributed by atoms with Crippen LogP contribution in [0.4, 0.5) is 4.79 Å². The van der Waals surface area contributed by atoms with E-state index in [4.69, 9.17) is 9.15 Å². The average molecular weight is 295 g/mol. The number of carbonyl (C=O) groups excluding carboxylic acids is 3. The monoisotopic (exact) mass is 295 g/mol. The Morgan fingerprint density at radius 2 is 2.20 bits per heavy atom. The van der Waals surface area contributed by atoms with Crippen molar-refractivity contribution in [2.45, 2.75) is 13.8 Å². The van der Waals surface area contributed by atoms with Gasteiger partial charge in [0, 0.05) is 6.08 Å². The van der Waals surface area contributed by atoms with Crippen molar-refractivity contribution in [3.05, 3.63) is 28.6 Å². The van der Waals surface area contributed by atoms with Crippen LogP contribution in [0.15, 0.2) is 21.5 Å². The molecule has 1 aliphatic rings. The van der Waals surface area contributed by atoms with Crippen LogP contribution in [-0.2, 0) is 14.3 Å². The molecule has 1 saturated heterocycles. The Morgan fingerprint density at radius 3 is 2.80 bits per heavy atom. The first-order chi connectivity index (χ1) is 9.51. The summed E-state index contributed by atoms with van der Waals surface area (Å²) in [4.78, 5) is 36.2. The van der Waals surface area contributed by atoms with Crippen molar-refractivity contribution >= 4 is 35.0 Å². The Labute approximate surface area is 119 Å². The summed E-state index contributed by atoms with van der Waals surface area (Å²) in [6, 6.07) is 3.46. The smallest absolute Gasteiger partial charge is 0.326 e. The zero-order chi connectivity index (χ0) is 14.7. The Bertz CT molecular complexity index is 589. The molecule has 0 bridgehead atoms. The Kier molecular flexibility index (Phi) is 4.29. The van der Waals surface area contributed by atoms with E-state index in [0.717, 1.165) is 16.7 Å². The molecule has 2 amide bonds. The van der Waals surface area contributed by atoms with E-state index in [1.165, 1.54) is 6.08 Å². The molecule has 0 aliphatic carbocycles. The number of rotatable bonds is 4. The predicted molar refractivity (Wildman–Crippen MR) is 72.8 cm³/mol. The van der Waals surface area contributed by atoms with Gasteiger partial charge in [-0.1, -0.05) is 0 Å². The van der Waals surface area contributed by atoms with Crippen LogP contribution >= 0.6 is 11.8 Å². The molecule has 0 aromatic carbocycles. The van der Waals surface area contributed by atoms with Gasteiger partial charge in [0.25, 0.3) is 11.1 Å². The summed E-state index contributed by atoms with van der Waals surface area (Å²) in [5, 5.41) is -0.488. The van der Waals surface area contributed by atoms with Crippen LogP contribution in [0.25, 0.3) is 6.08 Å². The maximum Gasteiger partial charge on any atom is 0.326 e. The van der Waals surface area contributed by atoms with Gasteiger partial charge in [-0.05, 0) is 37.7 Å². The van der Waals surface area contributed by atoms with Crippen molar-refractivity contribution in [2.24, 2.45) is 0 Å². The molecule has 7 heteroatoms. The lowest BCUT2D eigenvalue weighted by molar-refractivity contribution is -0.145. The van der Waals surface area contributed by atoms with Gasteiger partial charge in [-0.3, -0.25) is 19.3 Å². The van der Waals surface area contributed by atoms with Crippen LogP contribution in [-0.4, -0.2) is 35.2 Å². The molecule has 1 fully saturated rings. The van der Waals surface area contributed by atoms with Gasteiger partial charge in [-0.2, -0.15) is 0 Å². The van der Waals surface area contributed by atoms with Crippen molar-refractivity contribution in [1.29, 1.82) is 0 Å². The topological polar surface area (TPSA) is 76.8 Å². The number of amides is 2. The van der Waals surface area contributed by atoms with Crippen LogP contribution in [0.5, 0.6) is 0 Å². The molecule has 0 spiro atoms. The zero-order valence-corrected chi connectivity index (χ0v) is 11.9. The molecule has 1 aromatic heterocycles. The third-order valence-electron chi connectivity index (χ3n) is 2.50. The largest absolute Gasteiger partial charge is 0.465 e. The summed E-state index contributed by atoms with van der Waals surface area (Å²) in [5.74, 6) is 0.0816. The minimum Gasteiger partial charge on any atom is -0.465 e.